The molecule has 7 nitrogen and oxygen atoms in total. The largest absolute Gasteiger partial charge is 0.374 e. The van der Waals surface area contributed by atoms with Crippen molar-refractivity contribution in [2.24, 2.45) is 5.92 Å². The Morgan fingerprint density at radius 2 is 2.00 bits per heavy atom. The van der Waals surface area contributed by atoms with E-state index in [0.29, 0.717) is 6.54 Å². The minimum Gasteiger partial charge on any atom is -0.374 e. The lowest BCUT2D eigenvalue weighted by Gasteiger charge is -2.12. The van der Waals surface area contributed by atoms with Gasteiger partial charge in [0.05, 0.1) is 4.92 Å². The topological polar surface area (TPSA) is 101 Å². The Morgan fingerprint density at radius 1 is 1.40 bits per heavy atom. The molecule has 0 aliphatic rings. The van der Waals surface area contributed by atoms with Crippen LogP contribution >= 0.6 is 11.3 Å². The monoisotopic (exact) mass is 321 g/mol. The van der Waals surface area contributed by atoms with Crippen LogP contribution in [0.15, 0.2) is 10.3 Å². The van der Waals surface area contributed by atoms with Gasteiger partial charge in [0, 0.05) is 19.7 Å². The molecule has 0 aliphatic heterocycles. The number of nitro groups is 1. The van der Waals surface area contributed by atoms with E-state index in [9.17, 15) is 18.5 Å². The second-order valence-corrected chi connectivity index (χ2v) is 7.37. The van der Waals surface area contributed by atoms with Crippen molar-refractivity contribution in [1.29, 1.82) is 0 Å². The highest BCUT2D eigenvalue weighted by Crippen LogP contribution is 2.36. The zero-order valence-corrected chi connectivity index (χ0v) is 13.3. The maximum atomic E-state index is 12.1. The predicted molar refractivity (Wildman–Crippen MR) is 79.8 cm³/mol. The molecule has 114 valence electrons. The number of thiophene rings is 1. The Hall–Kier alpha value is -1.19. The van der Waals surface area contributed by atoms with Gasteiger partial charge in [-0.15, -0.1) is 0 Å². The van der Waals surface area contributed by atoms with Crippen LogP contribution in [0.5, 0.6) is 0 Å². The van der Waals surface area contributed by atoms with Crippen LogP contribution in [0.25, 0.3) is 0 Å². The van der Waals surface area contributed by atoms with E-state index >= 15 is 0 Å². The summed E-state index contributed by atoms with van der Waals surface area (Å²) >= 11 is 0.858. The predicted octanol–water partition coefficient (Wildman–Crippen LogP) is 2.41. The SMILES string of the molecule is CCC(CC)CNS(=O)(=O)c1cc([N+](=O)[O-])c(NC)s1. The van der Waals surface area contributed by atoms with Gasteiger partial charge in [-0.2, -0.15) is 0 Å². The van der Waals surface area contributed by atoms with Crippen molar-refractivity contribution in [3.05, 3.63) is 16.2 Å². The fourth-order valence-corrected chi connectivity index (χ4v) is 4.12. The molecule has 0 radical (unpaired) electrons. The smallest absolute Gasteiger partial charge is 0.304 e. The number of hydrogen-bond donors (Lipinski definition) is 2. The van der Waals surface area contributed by atoms with E-state index in [1.54, 1.807) is 0 Å². The molecule has 0 atom stereocenters. The van der Waals surface area contributed by atoms with Gasteiger partial charge in [-0.1, -0.05) is 38.0 Å². The van der Waals surface area contributed by atoms with Crippen LogP contribution in [-0.4, -0.2) is 26.9 Å². The molecule has 0 fully saturated rings. The maximum absolute atomic E-state index is 12.1. The third kappa shape index (κ3) is 3.90. The highest BCUT2D eigenvalue weighted by molar-refractivity contribution is 7.91. The van der Waals surface area contributed by atoms with E-state index in [4.69, 9.17) is 0 Å². The van der Waals surface area contributed by atoms with Crippen molar-refractivity contribution in [2.75, 3.05) is 18.9 Å². The van der Waals surface area contributed by atoms with Crippen LogP contribution in [0, 0.1) is 16.0 Å². The fourth-order valence-electron chi connectivity index (χ4n) is 1.68. The van der Waals surface area contributed by atoms with Gasteiger partial charge in [-0.3, -0.25) is 10.1 Å². The van der Waals surface area contributed by atoms with Crippen LogP contribution < -0.4 is 10.0 Å². The van der Waals surface area contributed by atoms with Gasteiger partial charge >= 0.3 is 5.69 Å². The molecule has 1 aromatic heterocycles. The second kappa shape index (κ2) is 7.00. The van der Waals surface area contributed by atoms with Gasteiger partial charge in [-0.25, -0.2) is 13.1 Å². The number of nitrogens with one attached hydrogen (secondary N) is 2. The molecule has 2 N–H and O–H groups in total. The van der Waals surface area contributed by atoms with Gasteiger partial charge in [0.15, 0.2) is 5.00 Å². The number of rotatable bonds is 8. The summed E-state index contributed by atoms with van der Waals surface area (Å²) in [5.41, 5.74) is -0.222. The van der Waals surface area contributed by atoms with Crippen molar-refractivity contribution in [2.45, 2.75) is 30.9 Å². The zero-order chi connectivity index (χ0) is 15.3. The maximum Gasteiger partial charge on any atom is 0.304 e. The van der Waals surface area contributed by atoms with Crippen molar-refractivity contribution < 1.29 is 13.3 Å². The lowest BCUT2D eigenvalue weighted by molar-refractivity contribution is -0.383. The molecule has 1 aromatic rings. The molecule has 1 heterocycles. The highest BCUT2D eigenvalue weighted by atomic mass is 32.2. The summed E-state index contributed by atoms with van der Waals surface area (Å²) in [5.74, 6) is 0.267. The minimum absolute atomic E-state index is 0.0421. The summed E-state index contributed by atoms with van der Waals surface area (Å²) in [6.07, 6.45) is 1.76. The summed E-state index contributed by atoms with van der Waals surface area (Å²) in [4.78, 5) is 10.2. The Bertz CT molecular complexity index is 564. The summed E-state index contributed by atoms with van der Waals surface area (Å²) in [6.45, 7) is 4.34. The zero-order valence-electron chi connectivity index (χ0n) is 11.7. The number of anilines is 1. The molecule has 0 bridgehead atoms. The highest BCUT2D eigenvalue weighted by Gasteiger charge is 2.25. The molecular weight excluding hydrogens is 302 g/mol. The van der Waals surface area contributed by atoms with E-state index < -0.39 is 14.9 Å². The number of nitrogens with zero attached hydrogens (tertiary/aromatic N) is 1. The van der Waals surface area contributed by atoms with E-state index in [1.165, 1.54) is 7.05 Å². The van der Waals surface area contributed by atoms with Crippen molar-refractivity contribution in [3.8, 4) is 0 Å². The van der Waals surface area contributed by atoms with Gasteiger partial charge in [-0.05, 0) is 5.92 Å². The molecule has 0 spiro atoms. The van der Waals surface area contributed by atoms with Crippen LogP contribution in [0.3, 0.4) is 0 Å². The Morgan fingerprint density at radius 3 is 2.40 bits per heavy atom. The first-order valence-corrected chi connectivity index (χ1v) is 8.61. The average Bonchev–Trinajstić information content (AvgIpc) is 2.85. The van der Waals surface area contributed by atoms with Crippen LogP contribution in [0.4, 0.5) is 10.7 Å². The first kappa shape index (κ1) is 16.9. The molecule has 0 amide bonds. The van der Waals surface area contributed by atoms with E-state index in [2.05, 4.69) is 10.0 Å². The summed E-state index contributed by atoms with van der Waals surface area (Å²) < 4.78 is 26.7. The first-order valence-electron chi connectivity index (χ1n) is 6.31. The molecular formula is C11H19N3O4S2. The Balaban J connectivity index is 2.95. The fraction of sp³-hybridized carbons (Fsp3) is 0.636. The van der Waals surface area contributed by atoms with E-state index in [0.717, 1.165) is 30.2 Å². The third-order valence-electron chi connectivity index (χ3n) is 3.10. The van der Waals surface area contributed by atoms with Crippen LogP contribution in [-0.2, 0) is 10.0 Å². The Labute approximate surface area is 122 Å². The van der Waals surface area contributed by atoms with Crippen LogP contribution in [0.1, 0.15) is 26.7 Å². The minimum atomic E-state index is -3.70. The average molecular weight is 321 g/mol. The van der Waals surface area contributed by atoms with Crippen molar-refractivity contribution in [3.63, 3.8) is 0 Å². The van der Waals surface area contributed by atoms with Gasteiger partial charge in [0.1, 0.15) is 4.21 Å². The lowest BCUT2D eigenvalue weighted by atomic mass is 10.0. The molecule has 0 aliphatic carbocycles. The van der Waals surface area contributed by atoms with Crippen LogP contribution in [0.2, 0.25) is 0 Å². The first-order chi connectivity index (χ1) is 9.35. The quantitative estimate of drug-likeness (QED) is 0.565. The summed E-state index contributed by atoms with van der Waals surface area (Å²) in [5, 5.41) is 13.7. The summed E-state index contributed by atoms with van der Waals surface area (Å²) in [7, 11) is -2.18. The second-order valence-electron chi connectivity index (χ2n) is 4.32. The third-order valence-corrected chi connectivity index (χ3v) is 6.13. The normalized spacial score (nSPS) is 11.8. The molecule has 20 heavy (non-hydrogen) atoms. The molecule has 0 saturated heterocycles. The molecule has 0 aromatic carbocycles. The standard InChI is InChI=1S/C11H19N3O4S2/c1-4-8(5-2)7-13-20(17,18)10-6-9(14(15)16)11(12-3)19-10/h6,8,12-13H,4-5,7H2,1-3H3. The summed E-state index contributed by atoms with van der Waals surface area (Å²) in [6, 6.07) is 1.09. The molecule has 0 saturated carbocycles. The van der Waals surface area contributed by atoms with Gasteiger partial charge in [0.2, 0.25) is 10.0 Å². The number of hydrogen-bond acceptors (Lipinski definition) is 6. The van der Waals surface area contributed by atoms with E-state index in [1.807, 2.05) is 13.8 Å². The van der Waals surface area contributed by atoms with E-state index in [-0.39, 0.29) is 20.8 Å². The van der Waals surface area contributed by atoms with Gasteiger partial charge < -0.3 is 5.32 Å². The van der Waals surface area contributed by atoms with Gasteiger partial charge in [0.25, 0.3) is 0 Å². The van der Waals surface area contributed by atoms with Crippen molar-refractivity contribution >= 4 is 32.0 Å². The molecule has 0 unspecified atom stereocenters. The van der Waals surface area contributed by atoms with Crippen molar-refractivity contribution in [1.82, 2.24) is 4.72 Å². The Kier molecular flexibility index (Phi) is 5.90. The lowest BCUT2D eigenvalue weighted by Crippen LogP contribution is -2.28. The molecule has 9 heteroatoms. The number of sulfonamides is 1. The molecule has 1 rings (SSSR count).